The van der Waals surface area contributed by atoms with Gasteiger partial charge in [-0.25, -0.2) is 0 Å². The van der Waals surface area contributed by atoms with Crippen LogP contribution in [0.3, 0.4) is 0 Å². The lowest BCUT2D eigenvalue weighted by Gasteiger charge is -2.26. The normalized spacial score (nSPS) is 25.4. The van der Waals surface area contributed by atoms with E-state index in [1.165, 1.54) is 0 Å². The van der Waals surface area contributed by atoms with E-state index in [1.54, 1.807) is 6.08 Å². The molecule has 0 aromatic heterocycles. The van der Waals surface area contributed by atoms with Crippen LogP contribution in [0.25, 0.3) is 0 Å². The van der Waals surface area contributed by atoms with Crippen LogP contribution in [0.5, 0.6) is 0 Å². The highest BCUT2D eigenvalue weighted by Crippen LogP contribution is 2.60. The number of fused-ring (bicyclic) bond motifs is 1. The molecule has 1 fully saturated rings. The molecule has 0 radical (unpaired) electrons. The summed E-state index contributed by atoms with van der Waals surface area (Å²) in [6, 6.07) is 15.9. The van der Waals surface area contributed by atoms with Crippen molar-refractivity contribution in [1.82, 2.24) is 4.90 Å². The lowest BCUT2D eigenvalue weighted by Crippen LogP contribution is -2.39. The SMILES string of the molecule is CCOC(=O)C1(c2cc(C)cc(C)c2)C2C=CC(=O)N(Cc3ccccc3)C21. The van der Waals surface area contributed by atoms with Crippen molar-refractivity contribution in [2.75, 3.05) is 6.61 Å². The Kier molecular flexibility index (Phi) is 4.58. The number of hydrogen-bond acceptors (Lipinski definition) is 3. The topological polar surface area (TPSA) is 46.6 Å². The molecule has 1 aliphatic heterocycles. The monoisotopic (exact) mass is 375 g/mol. The Morgan fingerprint density at radius 3 is 2.43 bits per heavy atom. The zero-order chi connectivity index (χ0) is 19.9. The fourth-order valence-electron chi connectivity index (χ4n) is 4.67. The molecule has 3 atom stereocenters. The van der Waals surface area contributed by atoms with Gasteiger partial charge in [-0.05, 0) is 38.0 Å². The van der Waals surface area contributed by atoms with Crippen molar-refractivity contribution in [2.45, 2.75) is 38.8 Å². The summed E-state index contributed by atoms with van der Waals surface area (Å²) in [6.45, 7) is 6.69. The van der Waals surface area contributed by atoms with E-state index < -0.39 is 5.41 Å². The number of benzene rings is 2. The van der Waals surface area contributed by atoms with E-state index in [0.29, 0.717) is 13.2 Å². The predicted molar refractivity (Wildman–Crippen MR) is 108 cm³/mol. The van der Waals surface area contributed by atoms with Crippen LogP contribution in [0.1, 0.15) is 29.2 Å². The molecule has 1 heterocycles. The van der Waals surface area contributed by atoms with Gasteiger partial charge in [-0.2, -0.15) is 0 Å². The van der Waals surface area contributed by atoms with Crippen LogP contribution in [-0.2, 0) is 26.3 Å². The van der Waals surface area contributed by atoms with E-state index >= 15 is 0 Å². The summed E-state index contributed by atoms with van der Waals surface area (Å²) in [6.07, 6.45) is 3.50. The van der Waals surface area contributed by atoms with Crippen LogP contribution in [-0.4, -0.2) is 29.4 Å². The molecule has 4 rings (SSSR count). The quantitative estimate of drug-likeness (QED) is 0.749. The largest absolute Gasteiger partial charge is 0.465 e. The summed E-state index contributed by atoms with van der Waals surface area (Å²) < 4.78 is 5.52. The Morgan fingerprint density at radius 1 is 1.11 bits per heavy atom. The fraction of sp³-hybridized carbons (Fsp3) is 0.333. The van der Waals surface area contributed by atoms with Crippen molar-refractivity contribution in [3.8, 4) is 0 Å². The van der Waals surface area contributed by atoms with Gasteiger partial charge in [-0.15, -0.1) is 0 Å². The highest BCUT2D eigenvalue weighted by atomic mass is 16.5. The van der Waals surface area contributed by atoms with Crippen LogP contribution in [0.15, 0.2) is 60.7 Å². The average molecular weight is 375 g/mol. The Bertz CT molecular complexity index is 929. The number of esters is 1. The number of hydrogen-bond donors (Lipinski definition) is 0. The van der Waals surface area contributed by atoms with E-state index in [4.69, 9.17) is 4.74 Å². The first-order valence-corrected chi connectivity index (χ1v) is 9.77. The van der Waals surface area contributed by atoms with Gasteiger partial charge in [0.2, 0.25) is 5.91 Å². The lowest BCUT2D eigenvalue weighted by atomic mass is 9.90. The van der Waals surface area contributed by atoms with Gasteiger partial charge in [0.15, 0.2) is 0 Å². The first-order chi connectivity index (χ1) is 13.5. The third-order valence-corrected chi connectivity index (χ3v) is 5.80. The molecule has 2 aromatic carbocycles. The first kappa shape index (κ1) is 18.5. The Morgan fingerprint density at radius 2 is 1.79 bits per heavy atom. The minimum Gasteiger partial charge on any atom is -0.465 e. The number of carbonyl (C=O) groups excluding carboxylic acids is 2. The molecule has 28 heavy (non-hydrogen) atoms. The standard InChI is InChI=1S/C24H25NO3/c1-4-28-23(27)24(19-13-16(2)12-17(3)14-19)20-10-11-21(26)25(22(20)24)15-18-8-6-5-7-9-18/h5-14,20,22H,4,15H2,1-3H3. The van der Waals surface area contributed by atoms with Gasteiger partial charge in [0, 0.05) is 12.5 Å². The molecule has 0 spiro atoms. The highest BCUT2D eigenvalue weighted by Gasteiger charge is 2.74. The third-order valence-electron chi connectivity index (χ3n) is 5.80. The minimum atomic E-state index is -0.829. The second kappa shape index (κ2) is 6.93. The summed E-state index contributed by atoms with van der Waals surface area (Å²) in [5.74, 6) is -0.359. The zero-order valence-electron chi connectivity index (χ0n) is 16.5. The Balaban J connectivity index is 1.79. The van der Waals surface area contributed by atoms with Gasteiger partial charge >= 0.3 is 5.97 Å². The van der Waals surface area contributed by atoms with Crippen LogP contribution in [0.4, 0.5) is 0 Å². The molecule has 0 N–H and O–H groups in total. The summed E-state index contributed by atoms with van der Waals surface area (Å²) in [7, 11) is 0. The molecule has 1 amide bonds. The number of rotatable bonds is 5. The van der Waals surface area contributed by atoms with Gasteiger partial charge in [0.05, 0.1) is 12.6 Å². The molecule has 4 nitrogen and oxygen atoms in total. The van der Waals surface area contributed by atoms with Crippen LogP contribution in [0.2, 0.25) is 0 Å². The molecule has 3 unspecified atom stereocenters. The fourth-order valence-corrected chi connectivity index (χ4v) is 4.67. The molecular weight excluding hydrogens is 350 g/mol. The number of amides is 1. The van der Waals surface area contributed by atoms with Crippen molar-refractivity contribution < 1.29 is 14.3 Å². The lowest BCUT2D eigenvalue weighted by molar-refractivity contribution is -0.147. The second-order valence-corrected chi connectivity index (χ2v) is 7.75. The van der Waals surface area contributed by atoms with Gasteiger partial charge in [0.1, 0.15) is 5.41 Å². The Hall–Kier alpha value is -2.88. The highest BCUT2D eigenvalue weighted by molar-refractivity contribution is 5.97. The summed E-state index contributed by atoms with van der Waals surface area (Å²) in [4.78, 5) is 27.8. The zero-order valence-corrected chi connectivity index (χ0v) is 16.5. The molecule has 2 aromatic rings. The summed E-state index contributed by atoms with van der Waals surface area (Å²) >= 11 is 0. The molecule has 144 valence electrons. The van der Waals surface area contributed by atoms with Gasteiger partial charge in [-0.1, -0.05) is 65.7 Å². The number of ether oxygens (including phenoxy) is 1. The third kappa shape index (κ3) is 2.84. The summed E-state index contributed by atoms with van der Waals surface area (Å²) in [5.41, 5.74) is 3.37. The Labute approximate surface area is 165 Å². The van der Waals surface area contributed by atoms with E-state index in [2.05, 4.69) is 18.2 Å². The first-order valence-electron chi connectivity index (χ1n) is 9.77. The van der Waals surface area contributed by atoms with Crippen LogP contribution in [0, 0.1) is 19.8 Å². The maximum absolute atomic E-state index is 13.2. The average Bonchev–Trinajstić information content (AvgIpc) is 3.35. The molecule has 0 saturated heterocycles. The predicted octanol–water partition coefficient (Wildman–Crippen LogP) is 3.70. The van der Waals surface area contributed by atoms with Crippen molar-refractivity contribution in [3.63, 3.8) is 0 Å². The molecule has 1 saturated carbocycles. The molecule has 0 bridgehead atoms. The number of nitrogens with zero attached hydrogens (tertiary/aromatic N) is 1. The van der Waals surface area contributed by atoms with E-state index in [-0.39, 0.29) is 23.8 Å². The molecular formula is C24H25NO3. The van der Waals surface area contributed by atoms with Gasteiger partial charge < -0.3 is 9.64 Å². The van der Waals surface area contributed by atoms with Crippen molar-refractivity contribution >= 4 is 11.9 Å². The second-order valence-electron chi connectivity index (χ2n) is 7.75. The van der Waals surface area contributed by atoms with E-state index in [9.17, 15) is 9.59 Å². The van der Waals surface area contributed by atoms with Crippen molar-refractivity contribution in [1.29, 1.82) is 0 Å². The summed E-state index contributed by atoms with van der Waals surface area (Å²) in [5, 5.41) is 0. The maximum Gasteiger partial charge on any atom is 0.319 e. The van der Waals surface area contributed by atoms with Gasteiger partial charge in [0.25, 0.3) is 0 Å². The van der Waals surface area contributed by atoms with Crippen LogP contribution < -0.4 is 0 Å². The van der Waals surface area contributed by atoms with Crippen molar-refractivity contribution in [2.24, 2.45) is 5.92 Å². The van der Waals surface area contributed by atoms with Gasteiger partial charge in [-0.3, -0.25) is 9.59 Å². The molecule has 1 aliphatic carbocycles. The van der Waals surface area contributed by atoms with E-state index in [0.717, 1.165) is 22.3 Å². The van der Waals surface area contributed by atoms with Crippen molar-refractivity contribution in [3.05, 3.63) is 82.9 Å². The minimum absolute atomic E-state index is 0.0550. The molecule has 4 heteroatoms. The number of aryl methyl sites for hydroxylation is 2. The molecule has 2 aliphatic rings. The number of carbonyl (C=O) groups is 2. The smallest absolute Gasteiger partial charge is 0.319 e. The van der Waals surface area contributed by atoms with E-state index in [1.807, 2.05) is 62.1 Å². The maximum atomic E-state index is 13.2. The van der Waals surface area contributed by atoms with Crippen LogP contribution >= 0.6 is 0 Å².